The molecule has 0 bridgehead atoms. The Kier molecular flexibility index (Phi) is 3.14. The van der Waals surface area contributed by atoms with Crippen molar-refractivity contribution in [3.05, 3.63) is 0 Å². The van der Waals surface area contributed by atoms with Gasteiger partial charge < -0.3 is 5.32 Å². The number of rotatable bonds is 0. The van der Waals surface area contributed by atoms with Crippen molar-refractivity contribution in [3.8, 4) is 0 Å². The highest BCUT2D eigenvalue weighted by atomic mass is 15.0. The molecule has 1 saturated heterocycles. The van der Waals surface area contributed by atoms with Gasteiger partial charge in [-0.3, -0.25) is 0 Å². The summed E-state index contributed by atoms with van der Waals surface area (Å²) in [7, 11) is 0. The van der Waals surface area contributed by atoms with Crippen LogP contribution in [0.25, 0.3) is 0 Å². The summed E-state index contributed by atoms with van der Waals surface area (Å²) in [5.74, 6) is 4.23. The second-order valence-corrected chi connectivity index (χ2v) is 7.63. The van der Waals surface area contributed by atoms with Crippen LogP contribution in [0.5, 0.6) is 0 Å². The predicted molar refractivity (Wildman–Crippen MR) is 75.5 cm³/mol. The molecular weight excluding hydrogens is 218 g/mol. The summed E-state index contributed by atoms with van der Waals surface area (Å²) in [5.41, 5.74) is 0. The van der Waals surface area contributed by atoms with Gasteiger partial charge in [0.15, 0.2) is 0 Å². The third kappa shape index (κ3) is 1.94. The van der Waals surface area contributed by atoms with Crippen LogP contribution in [0.1, 0.15) is 70.6 Å². The van der Waals surface area contributed by atoms with Crippen molar-refractivity contribution < 1.29 is 0 Å². The van der Waals surface area contributed by atoms with Crippen molar-refractivity contribution in [1.29, 1.82) is 0 Å². The van der Waals surface area contributed by atoms with Crippen LogP contribution in [-0.2, 0) is 0 Å². The lowest BCUT2D eigenvalue weighted by atomic mass is 9.60. The zero-order chi connectivity index (χ0) is 11.9. The van der Waals surface area contributed by atoms with Gasteiger partial charge in [0.05, 0.1) is 0 Å². The molecule has 4 rings (SSSR count). The van der Waals surface area contributed by atoms with Crippen molar-refractivity contribution in [2.24, 2.45) is 23.7 Å². The zero-order valence-electron chi connectivity index (χ0n) is 11.7. The van der Waals surface area contributed by atoms with Crippen molar-refractivity contribution in [1.82, 2.24) is 5.32 Å². The van der Waals surface area contributed by atoms with E-state index >= 15 is 0 Å². The van der Waals surface area contributed by atoms with Gasteiger partial charge in [-0.05, 0) is 62.2 Å². The lowest BCUT2D eigenvalue weighted by Crippen LogP contribution is -2.59. The molecule has 0 aromatic heterocycles. The molecule has 6 unspecified atom stereocenters. The summed E-state index contributed by atoms with van der Waals surface area (Å²) in [5, 5.41) is 4.16. The maximum Gasteiger partial charge on any atom is 0.0129 e. The largest absolute Gasteiger partial charge is 0.310 e. The van der Waals surface area contributed by atoms with Gasteiger partial charge in [0.2, 0.25) is 0 Å². The molecule has 4 fully saturated rings. The van der Waals surface area contributed by atoms with Gasteiger partial charge in [0, 0.05) is 12.1 Å². The summed E-state index contributed by atoms with van der Waals surface area (Å²) in [6.45, 7) is 0. The van der Waals surface area contributed by atoms with Crippen molar-refractivity contribution in [2.75, 3.05) is 0 Å². The average Bonchev–Trinajstić information content (AvgIpc) is 2.45. The third-order valence-electron chi connectivity index (χ3n) is 6.77. The first kappa shape index (κ1) is 11.8. The molecule has 0 amide bonds. The van der Waals surface area contributed by atoms with Crippen LogP contribution in [0.3, 0.4) is 0 Å². The van der Waals surface area contributed by atoms with Crippen LogP contribution in [0.2, 0.25) is 0 Å². The van der Waals surface area contributed by atoms with E-state index in [1.54, 1.807) is 25.7 Å². The maximum absolute atomic E-state index is 4.16. The Hall–Kier alpha value is -0.0400. The fraction of sp³-hybridized carbons (Fsp3) is 1.00. The Bertz CT molecular complexity index is 298. The van der Waals surface area contributed by atoms with Crippen LogP contribution in [0.15, 0.2) is 0 Å². The van der Waals surface area contributed by atoms with Crippen LogP contribution in [-0.4, -0.2) is 12.1 Å². The topological polar surface area (TPSA) is 12.0 Å². The first-order valence-corrected chi connectivity index (χ1v) is 8.68. The summed E-state index contributed by atoms with van der Waals surface area (Å²) in [6.07, 6.45) is 16.8. The average molecular weight is 247 g/mol. The molecule has 4 aliphatic rings. The molecule has 18 heavy (non-hydrogen) atoms. The van der Waals surface area contributed by atoms with E-state index in [2.05, 4.69) is 5.32 Å². The summed E-state index contributed by atoms with van der Waals surface area (Å²) in [6, 6.07) is 1.82. The smallest absolute Gasteiger partial charge is 0.0129 e. The molecule has 0 radical (unpaired) electrons. The normalized spacial score (nSPS) is 52.0. The number of hydrogen-bond acceptors (Lipinski definition) is 1. The number of fused-ring (bicyclic) bond motifs is 4. The summed E-state index contributed by atoms with van der Waals surface area (Å²) < 4.78 is 0. The van der Waals surface area contributed by atoms with Gasteiger partial charge in [0.1, 0.15) is 0 Å². The molecule has 1 aliphatic heterocycles. The van der Waals surface area contributed by atoms with Crippen molar-refractivity contribution in [2.45, 2.75) is 82.7 Å². The first-order valence-electron chi connectivity index (χ1n) is 8.68. The van der Waals surface area contributed by atoms with Gasteiger partial charge in [0.25, 0.3) is 0 Å². The Morgan fingerprint density at radius 1 is 0.611 bits per heavy atom. The highest BCUT2D eigenvalue weighted by molar-refractivity contribution is 5.01. The Balaban J connectivity index is 1.51. The summed E-state index contributed by atoms with van der Waals surface area (Å²) in [4.78, 5) is 0. The second kappa shape index (κ2) is 4.81. The van der Waals surface area contributed by atoms with E-state index in [1.807, 2.05) is 0 Å². The molecule has 6 atom stereocenters. The fourth-order valence-electron chi connectivity index (χ4n) is 5.89. The Morgan fingerprint density at radius 3 is 2.28 bits per heavy atom. The van der Waals surface area contributed by atoms with E-state index in [0.717, 1.165) is 35.8 Å². The Labute approximate surface area is 112 Å². The highest BCUT2D eigenvalue weighted by Crippen LogP contribution is 2.48. The van der Waals surface area contributed by atoms with E-state index in [-0.39, 0.29) is 0 Å². The highest BCUT2D eigenvalue weighted by Gasteiger charge is 2.45. The molecule has 3 saturated carbocycles. The molecule has 1 N–H and O–H groups in total. The van der Waals surface area contributed by atoms with E-state index in [9.17, 15) is 0 Å². The van der Waals surface area contributed by atoms with Gasteiger partial charge in [-0.2, -0.15) is 0 Å². The number of nitrogens with one attached hydrogen (secondary N) is 1. The number of piperidine rings is 1. The van der Waals surface area contributed by atoms with Crippen LogP contribution in [0, 0.1) is 23.7 Å². The van der Waals surface area contributed by atoms with E-state index in [0.29, 0.717) is 0 Å². The number of hydrogen-bond donors (Lipinski definition) is 1. The quantitative estimate of drug-likeness (QED) is 0.679. The zero-order valence-corrected chi connectivity index (χ0v) is 11.7. The van der Waals surface area contributed by atoms with E-state index in [4.69, 9.17) is 0 Å². The Morgan fingerprint density at radius 2 is 1.33 bits per heavy atom. The van der Waals surface area contributed by atoms with Gasteiger partial charge >= 0.3 is 0 Å². The van der Waals surface area contributed by atoms with Crippen molar-refractivity contribution in [3.63, 3.8) is 0 Å². The standard InChI is InChI=1S/C17H29N/c1-3-7-15-12(5-1)9-10-14-11-13-6-2-4-8-16(13)18-17(14)15/h12-18H,1-11H2. The SMILES string of the molecule is C1CCC2NC3C(CCC4CCCCC43)CC2C1. The second-order valence-electron chi connectivity index (χ2n) is 7.63. The molecule has 3 aliphatic carbocycles. The van der Waals surface area contributed by atoms with E-state index < -0.39 is 0 Å². The van der Waals surface area contributed by atoms with Crippen LogP contribution >= 0.6 is 0 Å². The van der Waals surface area contributed by atoms with Crippen LogP contribution < -0.4 is 5.32 Å². The lowest BCUT2D eigenvalue weighted by molar-refractivity contribution is 0.0146. The molecule has 1 heterocycles. The predicted octanol–water partition coefficient (Wildman–Crippen LogP) is 4.12. The monoisotopic (exact) mass is 247 g/mol. The molecular formula is C17H29N. The van der Waals surface area contributed by atoms with Gasteiger partial charge in [-0.1, -0.05) is 32.1 Å². The molecule has 1 nitrogen and oxygen atoms in total. The molecule has 1 heteroatoms. The minimum absolute atomic E-state index is 0.903. The van der Waals surface area contributed by atoms with Gasteiger partial charge in [-0.15, -0.1) is 0 Å². The van der Waals surface area contributed by atoms with E-state index in [1.165, 1.54) is 44.9 Å². The molecule has 0 aromatic carbocycles. The van der Waals surface area contributed by atoms with Gasteiger partial charge in [-0.25, -0.2) is 0 Å². The summed E-state index contributed by atoms with van der Waals surface area (Å²) >= 11 is 0. The molecule has 102 valence electrons. The first-order chi connectivity index (χ1) is 8.92. The maximum atomic E-state index is 4.16. The molecule has 0 spiro atoms. The lowest BCUT2D eigenvalue weighted by Gasteiger charge is -2.53. The van der Waals surface area contributed by atoms with Crippen LogP contribution in [0.4, 0.5) is 0 Å². The minimum Gasteiger partial charge on any atom is -0.310 e. The fourth-order valence-corrected chi connectivity index (χ4v) is 5.89. The third-order valence-corrected chi connectivity index (χ3v) is 6.77. The molecule has 0 aromatic rings. The minimum atomic E-state index is 0.903. The van der Waals surface area contributed by atoms with Crippen molar-refractivity contribution >= 4 is 0 Å².